The summed E-state index contributed by atoms with van der Waals surface area (Å²) in [6, 6.07) is 0.671. The molecule has 2 aliphatic rings. The van der Waals surface area contributed by atoms with Crippen molar-refractivity contribution in [3.05, 3.63) is 10.6 Å². The third kappa shape index (κ3) is 3.41. The molecular weight excluding hydrogens is 280 g/mol. The molecule has 4 nitrogen and oxygen atoms in total. The molecule has 5 heteroatoms. The number of nitrogens with zero attached hydrogens (tertiary/aromatic N) is 3. The summed E-state index contributed by atoms with van der Waals surface area (Å²) in [5.74, 6) is 0.748. The third-order valence-corrected chi connectivity index (χ3v) is 5.87. The van der Waals surface area contributed by atoms with Crippen LogP contribution in [0.3, 0.4) is 0 Å². The third-order valence-electron chi connectivity index (χ3n) is 4.73. The van der Waals surface area contributed by atoms with Crippen LogP contribution in [0, 0.1) is 0 Å². The van der Waals surface area contributed by atoms with Gasteiger partial charge in [-0.1, -0.05) is 13.8 Å². The molecule has 1 aliphatic heterocycles. The maximum atomic E-state index is 5.03. The Labute approximate surface area is 132 Å². The van der Waals surface area contributed by atoms with Crippen LogP contribution in [0.1, 0.15) is 49.6 Å². The van der Waals surface area contributed by atoms with Crippen LogP contribution in [0.2, 0.25) is 0 Å². The van der Waals surface area contributed by atoms with Crippen molar-refractivity contribution in [2.24, 2.45) is 0 Å². The molecule has 1 atom stereocenters. The zero-order valence-electron chi connectivity index (χ0n) is 13.6. The highest BCUT2D eigenvalue weighted by atomic mass is 32.1. The van der Waals surface area contributed by atoms with E-state index in [1.165, 1.54) is 35.0 Å². The van der Waals surface area contributed by atoms with Crippen molar-refractivity contribution < 1.29 is 0 Å². The number of nitrogens with one attached hydrogen (secondary N) is 1. The van der Waals surface area contributed by atoms with Gasteiger partial charge in [0.05, 0.1) is 5.69 Å². The Hall–Kier alpha value is -0.650. The van der Waals surface area contributed by atoms with E-state index in [1.807, 2.05) is 11.3 Å². The van der Waals surface area contributed by atoms with Gasteiger partial charge < -0.3 is 10.2 Å². The topological polar surface area (TPSA) is 31.4 Å². The molecule has 118 valence electrons. The van der Waals surface area contributed by atoms with Crippen LogP contribution in [-0.2, 0) is 6.54 Å². The van der Waals surface area contributed by atoms with E-state index < -0.39 is 0 Å². The van der Waals surface area contributed by atoms with Gasteiger partial charge in [0.25, 0.3) is 0 Å². The van der Waals surface area contributed by atoms with Crippen LogP contribution in [0.4, 0.5) is 5.13 Å². The van der Waals surface area contributed by atoms with Crippen molar-refractivity contribution in [3.63, 3.8) is 0 Å². The number of hydrogen-bond acceptors (Lipinski definition) is 5. The van der Waals surface area contributed by atoms with Crippen molar-refractivity contribution >= 4 is 16.5 Å². The van der Waals surface area contributed by atoms with Gasteiger partial charge >= 0.3 is 0 Å². The molecule has 0 radical (unpaired) electrons. The van der Waals surface area contributed by atoms with Crippen LogP contribution >= 0.6 is 11.3 Å². The first-order chi connectivity index (χ1) is 10.2. The molecule has 2 fully saturated rings. The zero-order chi connectivity index (χ0) is 14.8. The maximum absolute atomic E-state index is 5.03. The van der Waals surface area contributed by atoms with E-state index in [4.69, 9.17) is 4.98 Å². The average Bonchev–Trinajstić information content (AvgIpc) is 3.26. The lowest BCUT2D eigenvalue weighted by Crippen LogP contribution is -2.51. The van der Waals surface area contributed by atoms with Gasteiger partial charge in [-0.15, -0.1) is 11.3 Å². The minimum Gasteiger partial charge on any atom is -0.345 e. The molecule has 0 aromatic carbocycles. The molecule has 0 spiro atoms. The summed E-state index contributed by atoms with van der Waals surface area (Å²) in [5.41, 5.74) is 1.39. The lowest BCUT2D eigenvalue weighted by atomic mass is 10.1. The molecule has 1 N–H and O–H groups in total. The maximum Gasteiger partial charge on any atom is 0.185 e. The average molecular weight is 308 g/mol. The van der Waals surface area contributed by atoms with Crippen LogP contribution in [-0.4, -0.2) is 49.2 Å². The lowest BCUT2D eigenvalue weighted by Gasteiger charge is -2.39. The number of aromatic nitrogens is 1. The van der Waals surface area contributed by atoms with Crippen LogP contribution < -0.4 is 10.2 Å². The van der Waals surface area contributed by atoms with Crippen molar-refractivity contribution in [2.45, 2.75) is 51.6 Å². The molecule has 21 heavy (non-hydrogen) atoms. The summed E-state index contributed by atoms with van der Waals surface area (Å²) < 4.78 is 0. The number of rotatable bonds is 6. The first-order valence-electron chi connectivity index (χ1n) is 8.38. The fourth-order valence-corrected chi connectivity index (χ4v) is 4.24. The van der Waals surface area contributed by atoms with Crippen molar-refractivity contribution in [1.29, 1.82) is 0 Å². The molecule has 1 unspecified atom stereocenters. The number of piperazine rings is 1. The SMILES string of the molecule is CCNCc1sc(N2CCN(C)C(CC)C2)nc1C1CC1. The van der Waals surface area contributed by atoms with Gasteiger partial charge in [-0.25, -0.2) is 4.98 Å². The minimum absolute atomic E-state index is 0.671. The molecule has 0 bridgehead atoms. The monoisotopic (exact) mass is 308 g/mol. The van der Waals surface area contributed by atoms with E-state index in [-0.39, 0.29) is 0 Å². The van der Waals surface area contributed by atoms with E-state index in [1.54, 1.807) is 0 Å². The smallest absolute Gasteiger partial charge is 0.185 e. The highest BCUT2D eigenvalue weighted by Crippen LogP contribution is 2.44. The van der Waals surface area contributed by atoms with Gasteiger partial charge in [0.2, 0.25) is 0 Å². The minimum atomic E-state index is 0.671. The predicted molar refractivity (Wildman–Crippen MR) is 90.4 cm³/mol. The Morgan fingerprint density at radius 1 is 1.29 bits per heavy atom. The molecule has 3 rings (SSSR count). The summed E-state index contributed by atoms with van der Waals surface area (Å²) >= 11 is 1.92. The number of thiazole rings is 1. The highest BCUT2D eigenvalue weighted by molar-refractivity contribution is 7.15. The Morgan fingerprint density at radius 2 is 2.10 bits per heavy atom. The van der Waals surface area contributed by atoms with Crippen LogP contribution in [0.15, 0.2) is 0 Å². The van der Waals surface area contributed by atoms with Gasteiger partial charge in [0, 0.05) is 43.0 Å². The fourth-order valence-electron chi connectivity index (χ4n) is 3.09. The van der Waals surface area contributed by atoms with Crippen LogP contribution in [0.5, 0.6) is 0 Å². The molecule has 1 saturated carbocycles. The first-order valence-corrected chi connectivity index (χ1v) is 9.20. The Bertz CT molecular complexity index is 469. The lowest BCUT2D eigenvalue weighted by molar-refractivity contribution is 0.213. The predicted octanol–water partition coefficient (Wildman–Crippen LogP) is 2.66. The second-order valence-corrected chi connectivity index (χ2v) is 7.41. The Kier molecular flexibility index (Phi) is 4.82. The van der Waals surface area contributed by atoms with Crippen molar-refractivity contribution in [3.8, 4) is 0 Å². The Balaban J connectivity index is 1.75. The zero-order valence-corrected chi connectivity index (χ0v) is 14.4. The van der Waals surface area contributed by atoms with E-state index >= 15 is 0 Å². The molecule has 2 heterocycles. The largest absolute Gasteiger partial charge is 0.345 e. The second-order valence-electron chi connectivity index (χ2n) is 6.35. The summed E-state index contributed by atoms with van der Waals surface area (Å²) in [5, 5.41) is 4.74. The molecule has 1 aliphatic carbocycles. The van der Waals surface area contributed by atoms with E-state index in [0.29, 0.717) is 6.04 Å². The highest BCUT2D eigenvalue weighted by Gasteiger charge is 2.31. The number of likely N-dealkylation sites (N-methyl/N-ethyl adjacent to an activating group) is 1. The first kappa shape index (κ1) is 15.3. The second kappa shape index (κ2) is 6.63. The fraction of sp³-hybridized carbons (Fsp3) is 0.812. The van der Waals surface area contributed by atoms with Gasteiger partial charge in [0.1, 0.15) is 0 Å². The number of anilines is 1. The quantitative estimate of drug-likeness (QED) is 0.875. The molecule has 1 aromatic rings. The molecule has 1 saturated heterocycles. The summed E-state index contributed by atoms with van der Waals surface area (Å²) in [4.78, 5) is 11.5. The van der Waals surface area contributed by atoms with Crippen molar-refractivity contribution in [1.82, 2.24) is 15.2 Å². The van der Waals surface area contributed by atoms with Gasteiger partial charge in [-0.3, -0.25) is 4.90 Å². The van der Waals surface area contributed by atoms with E-state index in [2.05, 4.69) is 36.0 Å². The van der Waals surface area contributed by atoms with Crippen molar-refractivity contribution in [2.75, 3.05) is 38.1 Å². The summed E-state index contributed by atoms with van der Waals surface area (Å²) in [6.07, 6.45) is 3.89. The van der Waals surface area contributed by atoms with Gasteiger partial charge in [-0.05, 0) is 32.9 Å². The van der Waals surface area contributed by atoms with E-state index in [0.717, 1.165) is 38.6 Å². The summed E-state index contributed by atoms with van der Waals surface area (Å²) in [6.45, 7) is 9.88. The Morgan fingerprint density at radius 3 is 2.76 bits per heavy atom. The van der Waals surface area contributed by atoms with Gasteiger partial charge in [-0.2, -0.15) is 0 Å². The molecular formula is C16H28N4S. The standard InChI is InChI=1S/C16H28N4S/c1-4-13-11-20(9-8-19(13)3)16-18-15(12-6-7-12)14(21-16)10-17-5-2/h12-13,17H,4-11H2,1-3H3. The summed E-state index contributed by atoms with van der Waals surface area (Å²) in [7, 11) is 2.25. The number of hydrogen-bond donors (Lipinski definition) is 1. The van der Waals surface area contributed by atoms with Crippen LogP contribution in [0.25, 0.3) is 0 Å². The van der Waals surface area contributed by atoms with Gasteiger partial charge in [0.15, 0.2) is 5.13 Å². The van der Waals surface area contributed by atoms with E-state index in [9.17, 15) is 0 Å². The molecule has 1 aromatic heterocycles. The molecule has 0 amide bonds. The normalized spacial score (nSPS) is 23.8.